The summed E-state index contributed by atoms with van der Waals surface area (Å²) in [5, 5.41) is 1.25. The number of aryl methyl sites for hydroxylation is 1. The molecule has 0 atom stereocenters. The van der Waals surface area contributed by atoms with Gasteiger partial charge in [-0.3, -0.25) is 0 Å². The van der Waals surface area contributed by atoms with Crippen LogP contribution >= 0.6 is 11.3 Å². The van der Waals surface area contributed by atoms with E-state index in [0.29, 0.717) is 12.5 Å². The van der Waals surface area contributed by atoms with Gasteiger partial charge in [0.1, 0.15) is 6.61 Å². The van der Waals surface area contributed by atoms with Gasteiger partial charge in [-0.05, 0) is 23.6 Å². The van der Waals surface area contributed by atoms with Crippen molar-refractivity contribution in [1.82, 2.24) is 14.5 Å². The SMILES string of the molecule is Cn1cnc2c(OCc3cc4ccccc4s3)nccc21. The maximum absolute atomic E-state index is 5.87. The van der Waals surface area contributed by atoms with Gasteiger partial charge >= 0.3 is 0 Å². The van der Waals surface area contributed by atoms with E-state index in [1.807, 2.05) is 17.7 Å². The van der Waals surface area contributed by atoms with Gasteiger partial charge in [-0.15, -0.1) is 11.3 Å². The molecule has 0 aliphatic heterocycles. The Morgan fingerprint density at radius 2 is 2.10 bits per heavy atom. The van der Waals surface area contributed by atoms with Crippen molar-refractivity contribution in [3.8, 4) is 5.88 Å². The van der Waals surface area contributed by atoms with Crippen LogP contribution in [0, 0.1) is 0 Å². The molecule has 0 saturated heterocycles. The van der Waals surface area contributed by atoms with Crippen LogP contribution in [-0.4, -0.2) is 14.5 Å². The van der Waals surface area contributed by atoms with Gasteiger partial charge in [0, 0.05) is 22.8 Å². The molecule has 4 aromatic rings. The van der Waals surface area contributed by atoms with Crippen LogP contribution < -0.4 is 4.74 Å². The molecule has 104 valence electrons. The summed E-state index contributed by atoms with van der Waals surface area (Å²) >= 11 is 1.75. The van der Waals surface area contributed by atoms with Gasteiger partial charge in [-0.2, -0.15) is 0 Å². The van der Waals surface area contributed by atoms with Crippen LogP contribution in [0.2, 0.25) is 0 Å². The minimum absolute atomic E-state index is 0.516. The Bertz CT molecular complexity index is 892. The second-order valence-electron chi connectivity index (χ2n) is 4.88. The molecule has 0 spiro atoms. The summed E-state index contributed by atoms with van der Waals surface area (Å²) in [5.41, 5.74) is 1.83. The highest BCUT2D eigenvalue weighted by molar-refractivity contribution is 7.19. The van der Waals surface area contributed by atoms with E-state index in [-0.39, 0.29) is 0 Å². The number of imidazole rings is 1. The molecular weight excluding hydrogens is 282 g/mol. The van der Waals surface area contributed by atoms with Gasteiger partial charge in [-0.25, -0.2) is 9.97 Å². The topological polar surface area (TPSA) is 39.9 Å². The number of fused-ring (bicyclic) bond motifs is 2. The zero-order valence-corrected chi connectivity index (χ0v) is 12.3. The third kappa shape index (κ3) is 2.15. The summed E-state index contributed by atoms with van der Waals surface area (Å²) in [6.07, 6.45) is 3.53. The predicted molar refractivity (Wildman–Crippen MR) is 84.7 cm³/mol. The highest BCUT2D eigenvalue weighted by Gasteiger charge is 2.09. The Labute approximate surface area is 125 Å². The number of pyridine rings is 1. The van der Waals surface area contributed by atoms with Crippen molar-refractivity contribution in [2.45, 2.75) is 6.61 Å². The molecular formula is C16H13N3OS. The van der Waals surface area contributed by atoms with Crippen molar-refractivity contribution in [3.63, 3.8) is 0 Å². The highest BCUT2D eigenvalue weighted by Crippen LogP contribution is 2.27. The van der Waals surface area contributed by atoms with Crippen LogP contribution in [0.4, 0.5) is 0 Å². The molecule has 0 amide bonds. The first kappa shape index (κ1) is 12.3. The van der Waals surface area contributed by atoms with Crippen LogP contribution in [0.3, 0.4) is 0 Å². The lowest BCUT2D eigenvalue weighted by molar-refractivity contribution is 0.301. The van der Waals surface area contributed by atoms with E-state index in [2.05, 4.69) is 40.3 Å². The molecule has 4 nitrogen and oxygen atoms in total. The maximum Gasteiger partial charge on any atom is 0.242 e. The van der Waals surface area contributed by atoms with Crippen molar-refractivity contribution in [2.24, 2.45) is 7.05 Å². The van der Waals surface area contributed by atoms with Crippen LogP contribution in [-0.2, 0) is 13.7 Å². The van der Waals surface area contributed by atoms with Gasteiger partial charge in [0.05, 0.1) is 11.8 Å². The lowest BCUT2D eigenvalue weighted by Crippen LogP contribution is -1.96. The Morgan fingerprint density at radius 3 is 3.00 bits per heavy atom. The lowest BCUT2D eigenvalue weighted by Gasteiger charge is -2.04. The zero-order valence-electron chi connectivity index (χ0n) is 11.5. The van der Waals surface area contributed by atoms with Gasteiger partial charge in [0.15, 0.2) is 5.52 Å². The molecule has 3 heterocycles. The van der Waals surface area contributed by atoms with Crippen LogP contribution in [0.15, 0.2) is 48.9 Å². The molecule has 0 N–H and O–H groups in total. The minimum Gasteiger partial charge on any atom is -0.470 e. The average Bonchev–Trinajstić information content (AvgIpc) is 3.09. The summed E-state index contributed by atoms with van der Waals surface area (Å²) in [7, 11) is 1.96. The van der Waals surface area contributed by atoms with Crippen LogP contribution in [0.25, 0.3) is 21.1 Å². The number of benzene rings is 1. The number of hydrogen-bond donors (Lipinski definition) is 0. The molecule has 0 aliphatic carbocycles. The Hall–Kier alpha value is -2.40. The largest absolute Gasteiger partial charge is 0.470 e. The summed E-state index contributed by atoms with van der Waals surface area (Å²) in [6, 6.07) is 12.5. The number of hydrogen-bond acceptors (Lipinski definition) is 4. The molecule has 4 rings (SSSR count). The quantitative estimate of drug-likeness (QED) is 0.578. The molecule has 0 unspecified atom stereocenters. The Balaban J connectivity index is 1.63. The van der Waals surface area contributed by atoms with E-state index >= 15 is 0 Å². The zero-order chi connectivity index (χ0) is 14.2. The first-order valence-electron chi connectivity index (χ1n) is 6.67. The third-order valence-corrected chi connectivity index (χ3v) is 4.53. The van der Waals surface area contributed by atoms with E-state index in [1.165, 1.54) is 15.0 Å². The number of rotatable bonds is 3. The van der Waals surface area contributed by atoms with Crippen molar-refractivity contribution >= 4 is 32.5 Å². The first-order valence-corrected chi connectivity index (χ1v) is 7.49. The van der Waals surface area contributed by atoms with Crippen molar-refractivity contribution < 1.29 is 4.74 Å². The van der Waals surface area contributed by atoms with Crippen LogP contribution in [0.5, 0.6) is 5.88 Å². The van der Waals surface area contributed by atoms with Crippen molar-refractivity contribution in [3.05, 3.63) is 53.8 Å². The Kier molecular flexibility index (Phi) is 2.86. The molecule has 0 radical (unpaired) electrons. The predicted octanol–water partition coefficient (Wildman–Crippen LogP) is 3.76. The van der Waals surface area contributed by atoms with E-state index in [9.17, 15) is 0 Å². The van der Waals surface area contributed by atoms with E-state index < -0.39 is 0 Å². The van der Waals surface area contributed by atoms with Gasteiger partial charge < -0.3 is 9.30 Å². The average molecular weight is 295 g/mol. The third-order valence-electron chi connectivity index (χ3n) is 3.44. The summed E-state index contributed by atoms with van der Waals surface area (Å²) in [4.78, 5) is 9.83. The van der Waals surface area contributed by atoms with E-state index in [4.69, 9.17) is 4.74 Å². The molecule has 0 bridgehead atoms. The maximum atomic E-state index is 5.87. The molecule has 0 fully saturated rings. The van der Waals surface area contributed by atoms with Crippen molar-refractivity contribution in [2.75, 3.05) is 0 Å². The molecule has 0 aliphatic rings. The fraction of sp³-hybridized carbons (Fsp3) is 0.125. The minimum atomic E-state index is 0.516. The molecule has 5 heteroatoms. The summed E-state index contributed by atoms with van der Waals surface area (Å²) < 4.78 is 9.11. The first-order chi connectivity index (χ1) is 10.3. The molecule has 3 aromatic heterocycles. The summed E-state index contributed by atoms with van der Waals surface area (Å²) in [6.45, 7) is 0.516. The monoisotopic (exact) mass is 295 g/mol. The normalized spacial score (nSPS) is 11.3. The standard InChI is InChI=1S/C16H13N3OS/c1-19-10-18-15-13(19)6-7-17-16(15)20-9-12-8-11-4-2-3-5-14(11)21-12/h2-8,10H,9H2,1H3. The second kappa shape index (κ2) is 4.86. The highest BCUT2D eigenvalue weighted by atomic mass is 32.1. The van der Waals surface area contributed by atoms with Gasteiger partial charge in [0.2, 0.25) is 5.88 Å². The fourth-order valence-electron chi connectivity index (χ4n) is 2.39. The number of thiophene rings is 1. The smallest absolute Gasteiger partial charge is 0.242 e. The summed E-state index contributed by atoms with van der Waals surface area (Å²) in [5.74, 6) is 0.588. The van der Waals surface area contributed by atoms with Gasteiger partial charge in [0.25, 0.3) is 0 Å². The van der Waals surface area contributed by atoms with Crippen molar-refractivity contribution in [1.29, 1.82) is 0 Å². The number of aromatic nitrogens is 3. The van der Waals surface area contributed by atoms with Gasteiger partial charge in [-0.1, -0.05) is 18.2 Å². The fourth-order valence-corrected chi connectivity index (χ4v) is 3.37. The number of nitrogens with zero attached hydrogens (tertiary/aromatic N) is 3. The number of ether oxygens (including phenoxy) is 1. The second-order valence-corrected chi connectivity index (χ2v) is 6.05. The molecule has 1 aromatic carbocycles. The lowest BCUT2D eigenvalue weighted by atomic mass is 10.2. The van der Waals surface area contributed by atoms with E-state index in [1.54, 1.807) is 23.9 Å². The van der Waals surface area contributed by atoms with Crippen LogP contribution in [0.1, 0.15) is 4.88 Å². The Morgan fingerprint density at radius 1 is 1.19 bits per heavy atom. The molecule has 0 saturated carbocycles. The van der Waals surface area contributed by atoms with E-state index in [0.717, 1.165) is 11.0 Å². The molecule has 21 heavy (non-hydrogen) atoms.